The molecule has 0 radical (unpaired) electrons. The number of aromatic nitrogens is 6. The van der Waals surface area contributed by atoms with Crippen LogP contribution in [0.25, 0.3) is 50.7 Å². The first-order valence-corrected chi connectivity index (χ1v) is 37.4. The Balaban J connectivity index is 0.000000130. The van der Waals surface area contributed by atoms with Gasteiger partial charge in [-0.25, -0.2) is 15.0 Å². The number of carbonyl (C=O) groups excluding carboxylic acids is 5. The Morgan fingerprint density at radius 2 is 0.963 bits per heavy atom. The highest BCUT2D eigenvalue weighted by Crippen LogP contribution is 2.36. The van der Waals surface area contributed by atoms with E-state index in [1.807, 2.05) is 173 Å². The lowest BCUT2D eigenvalue weighted by Crippen LogP contribution is -2.49. The molecule has 2 fully saturated rings. The number of ether oxygens (including phenoxy) is 1. The van der Waals surface area contributed by atoms with Crippen molar-refractivity contribution in [2.75, 3.05) is 120 Å². The second-order valence-corrected chi connectivity index (χ2v) is 28.5. The molecule has 17 rings (SSSR count). The Labute approximate surface area is 637 Å². The van der Waals surface area contributed by atoms with Crippen molar-refractivity contribution in [3.05, 3.63) is 244 Å². The molecule has 7 N–H and O–H groups in total. The molecule has 5 aliphatic heterocycles. The van der Waals surface area contributed by atoms with Crippen molar-refractivity contribution in [3.8, 4) is 33.8 Å². The predicted octanol–water partition coefficient (Wildman–Crippen LogP) is 12.2. The fraction of sp³-hybridized carbons (Fsp3) is 0.262. The minimum Gasteiger partial charge on any atom is -0.380 e. The van der Waals surface area contributed by atoms with Crippen molar-refractivity contribution < 1.29 is 28.7 Å². The standard InChI is InChI=1S/C30H32N6O3.C28H29ClN6O.C26H26N6O2/c1-2-39-18-17-34-13-15-35(16-14-34)30(38)21-3-6-24(7-4-21)33-26-9-10-27(36-12-11-31-28(26)36)22-5-8-25-23(19-22)20-32-29(25)37;1-18(2)33-11-13-34(14-12-33)26-7-4-21(16-23(26)29)32-24-6-8-25(35-10-9-30-27(24)35)19-3-5-22-20(15-19)17-31-28(22)36;1-31(2)13-11-28-25(33)17-3-6-20(7-4-17)30-22-9-10-23(32-14-12-27-24(22)32)18-5-8-21-19(15-18)16-29-26(21)34/h3-12,19,33H,2,13-18,20H2,1H3,(H,32,37);3-10,15-16,18,32H,11-14,17H2,1-2H3,(H,31,36);3-10,12,14-15,30H,11,13,16H2,1-2H3,(H,28,33)(H,29,34). The van der Waals surface area contributed by atoms with Gasteiger partial charge in [-0.3, -0.25) is 47.0 Å². The number of hydrogen-bond acceptors (Lipinski definition) is 16. The predicted molar refractivity (Wildman–Crippen MR) is 428 cm³/mol. The van der Waals surface area contributed by atoms with Crippen LogP contribution in [-0.2, 0) is 24.4 Å². The highest BCUT2D eigenvalue weighted by atomic mass is 35.5. The maximum atomic E-state index is 13.1. The van der Waals surface area contributed by atoms with E-state index in [0.717, 1.165) is 208 Å². The van der Waals surface area contributed by atoms with Gasteiger partial charge in [-0.2, -0.15) is 0 Å². The zero-order chi connectivity index (χ0) is 75.2. The summed E-state index contributed by atoms with van der Waals surface area (Å²) < 4.78 is 11.6. The van der Waals surface area contributed by atoms with Crippen LogP contribution in [0.4, 0.5) is 39.8 Å². The molecule has 6 aromatic carbocycles. The number of pyridine rings is 3. The molecule has 0 aliphatic carbocycles. The van der Waals surface area contributed by atoms with E-state index in [1.54, 1.807) is 18.6 Å². The van der Waals surface area contributed by atoms with Crippen LogP contribution in [-0.4, -0.2) is 183 Å². The van der Waals surface area contributed by atoms with E-state index in [2.05, 4.69) is 128 Å². The van der Waals surface area contributed by atoms with Crippen LogP contribution in [0.2, 0.25) is 5.02 Å². The summed E-state index contributed by atoms with van der Waals surface area (Å²) in [5.41, 5.74) is 21.4. The fourth-order valence-corrected chi connectivity index (χ4v) is 14.9. The van der Waals surface area contributed by atoms with Crippen molar-refractivity contribution in [3.63, 3.8) is 0 Å². The first kappa shape index (κ1) is 72.6. The highest BCUT2D eigenvalue weighted by Gasteiger charge is 2.27. The zero-order valence-corrected chi connectivity index (χ0v) is 62.4. The SMILES string of the molecule is CC(C)N1CCN(c2ccc(Nc3ccc(-c4ccc5c(c4)CNC5=O)n4ccnc34)cc2Cl)CC1.CCOCCN1CCN(C(=O)c2ccc(Nc3ccc(-c4ccc5c(c4)CNC5=O)n4ccnc34)cc2)CC1.CN(C)CCNC(=O)c1ccc(Nc2ccc(-c3ccc4c(c3)CNC4=O)n3ccnc23)cc1. The lowest BCUT2D eigenvalue weighted by molar-refractivity contribution is 0.0564. The average molecular weight is 1480 g/mol. The quantitative estimate of drug-likeness (QED) is 0.0351. The van der Waals surface area contributed by atoms with Gasteiger partial charge < -0.3 is 56.7 Å². The van der Waals surface area contributed by atoms with Gasteiger partial charge in [0.15, 0.2) is 16.9 Å². The summed E-state index contributed by atoms with van der Waals surface area (Å²) >= 11 is 6.74. The molecule has 24 nitrogen and oxygen atoms in total. The lowest BCUT2D eigenvalue weighted by Gasteiger charge is -2.38. The van der Waals surface area contributed by atoms with E-state index in [9.17, 15) is 24.0 Å². The first-order valence-electron chi connectivity index (χ1n) is 37.0. The molecule has 0 bridgehead atoms. The monoisotopic (exact) mass is 1480 g/mol. The zero-order valence-electron chi connectivity index (χ0n) is 61.6. The molecule has 6 aromatic heterocycles. The van der Waals surface area contributed by atoms with E-state index in [1.165, 1.54) is 0 Å². The van der Waals surface area contributed by atoms with E-state index < -0.39 is 0 Å². The van der Waals surface area contributed by atoms with E-state index >= 15 is 0 Å². The topological polar surface area (TPSA) is 247 Å². The fourth-order valence-electron chi connectivity index (χ4n) is 14.6. The van der Waals surface area contributed by atoms with E-state index in [0.29, 0.717) is 43.3 Å². The molecule has 5 amide bonds. The number of rotatable bonds is 20. The molecule has 0 spiro atoms. The van der Waals surface area contributed by atoms with Gasteiger partial charge in [0.25, 0.3) is 29.5 Å². The van der Waals surface area contributed by atoms with Crippen LogP contribution in [0.1, 0.15) is 89.3 Å². The Kier molecular flexibility index (Phi) is 21.5. The number of anilines is 7. The molecule has 5 aliphatic rings. The molecule has 12 aromatic rings. The number of amides is 5. The van der Waals surface area contributed by atoms with Crippen LogP contribution >= 0.6 is 11.6 Å². The summed E-state index contributed by atoms with van der Waals surface area (Å²) in [5, 5.41) is 22.7. The number of halogens is 1. The maximum absolute atomic E-state index is 13.1. The molecule has 0 unspecified atom stereocenters. The second-order valence-electron chi connectivity index (χ2n) is 28.1. The summed E-state index contributed by atoms with van der Waals surface area (Å²) in [5.74, 6) is -0.0678. The number of imidazole rings is 3. The highest BCUT2D eigenvalue weighted by molar-refractivity contribution is 6.33. The van der Waals surface area contributed by atoms with Gasteiger partial charge in [-0.15, -0.1) is 0 Å². The van der Waals surface area contributed by atoms with Crippen LogP contribution in [0.15, 0.2) is 195 Å². The summed E-state index contributed by atoms with van der Waals surface area (Å²) in [4.78, 5) is 86.0. The van der Waals surface area contributed by atoms with Crippen molar-refractivity contribution in [2.45, 2.75) is 46.4 Å². The maximum Gasteiger partial charge on any atom is 0.253 e. The normalized spacial score (nSPS) is 14.7. The third-order valence-electron chi connectivity index (χ3n) is 20.6. The molecular weight excluding hydrogens is 1390 g/mol. The Morgan fingerprint density at radius 1 is 0.523 bits per heavy atom. The number of piperazine rings is 2. The molecule has 2 saturated heterocycles. The number of hydrogen-bond donors (Lipinski definition) is 7. The minimum atomic E-state index is -0.0837. The molecule has 25 heteroatoms. The number of fused-ring (bicyclic) bond motifs is 6. The Hall–Kier alpha value is -11.9. The number of nitrogens with one attached hydrogen (secondary N) is 7. The van der Waals surface area contributed by atoms with Crippen LogP contribution in [0.5, 0.6) is 0 Å². The Morgan fingerprint density at radius 3 is 1.39 bits per heavy atom. The molecular formula is C84H87ClN18O6. The summed E-state index contributed by atoms with van der Waals surface area (Å²) in [6, 6.07) is 51.8. The number of benzene rings is 6. The van der Waals surface area contributed by atoms with Crippen LogP contribution < -0.4 is 42.1 Å². The smallest absolute Gasteiger partial charge is 0.253 e. The second kappa shape index (κ2) is 32.3. The van der Waals surface area contributed by atoms with Crippen LogP contribution in [0.3, 0.4) is 0 Å². The first-order chi connectivity index (χ1) is 53.1. The van der Waals surface area contributed by atoms with Crippen molar-refractivity contribution >= 4 is 97.9 Å². The molecule has 0 saturated carbocycles. The van der Waals surface area contributed by atoms with Gasteiger partial charge in [0.2, 0.25) is 0 Å². The van der Waals surface area contributed by atoms with Gasteiger partial charge in [-0.05, 0) is 208 Å². The van der Waals surface area contributed by atoms with E-state index in [-0.39, 0.29) is 29.5 Å². The minimum absolute atomic E-state index is 0.00799. The summed E-state index contributed by atoms with van der Waals surface area (Å²) in [6.45, 7) is 19.2. The van der Waals surface area contributed by atoms with Gasteiger partial charge in [-0.1, -0.05) is 29.8 Å². The summed E-state index contributed by atoms with van der Waals surface area (Å²) in [7, 11) is 3.95. The van der Waals surface area contributed by atoms with Crippen molar-refractivity contribution in [1.82, 2.24) is 69.0 Å². The average Bonchev–Trinajstić information content (AvgIpc) is 1.71. The number of likely N-dealkylation sites (N-methyl/N-ethyl adjacent to an activating group) is 1. The molecule has 11 heterocycles. The lowest BCUT2D eigenvalue weighted by atomic mass is 10.0. The molecule has 0 atom stereocenters. The third-order valence-corrected chi connectivity index (χ3v) is 20.9. The van der Waals surface area contributed by atoms with E-state index in [4.69, 9.17) is 16.3 Å². The van der Waals surface area contributed by atoms with Crippen molar-refractivity contribution in [2.24, 2.45) is 0 Å². The van der Waals surface area contributed by atoms with Gasteiger partial charge >= 0.3 is 0 Å². The molecule has 109 heavy (non-hydrogen) atoms. The van der Waals surface area contributed by atoms with Gasteiger partial charge in [0, 0.05) is 186 Å². The van der Waals surface area contributed by atoms with Gasteiger partial charge in [0.1, 0.15) is 0 Å². The number of nitrogens with zero attached hydrogens (tertiary/aromatic N) is 11. The largest absolute Gasteiger partial charge is 0.380 e. The summed E-state index contributed by atoms with van der Waals surface area (Å²) in [6.07, 6.45) is 11.2. The van der Waals surface area contributed by atoms with Crippen molar-refractivity contribution in [1.29, 1.82) is 0 Å². The number of carbonyl (C=O) groups is 5. The third kappa shape index (κ3) is 15.9. The van der Waals surface area contributed by atoms with Gasteiger partial charge in [0.05, 0.1) is 51.5 Å². The van der Waals surface area contributed by atoms with Crippen LogP contribution in [0, 0.1) is 0 Å². The molecule has 556 valence electrons. The Bertz CT molecular complexity index is 5390.